The van der Waals surface area contributed by atoms with Gasteiger partial charge in [0.15, 0.2) is 0 Å². The number of aliphatic imine (C=N–C) groups is 1. The lowest BCUT2D eigenvalue weighted by Gasteiger charge is -2.31. The van der Waals surface area contributed by atoms with E-state index in [0.29, 0.717) is 11.4 Å². The highest BCUT2D eigenvalue weighted by atomic mass is 32.2. The van der Waals surface area contributed by atoms with Crippen molar-refractivity contribution in [3.63, 3.8) is 0 Å². The Kier molecular flexibility index (Phi) is 4.97. The van der Waals surface area contributed by atoms with Crippen molar-refractivity contribution in [2.45, 2.75) is 17.2 Å². The minimum atomic E-state index is -4.74. The number of alkyl halides is 6. The molecule has 0 fully saturated rings. The van der Waals surface area contributed by atoms with Gasteiger partial charge in [-0.2, -0.15) is 26.3 Å². The molecular formula is C18H17F6N3S. The first-order chi connectivity index (χ1) is 12.8. The van der Waals surface area contributed by atoms with Crippen LogP contribution in [0.1, 0.15) is 5.56 Å². The second-order valence-corrected chi connectivity index (χ2v) is 7.93. The average Bonchev–Trinajstić information content (AvgIpc) is 2.55. The molecule has 1 unspecified atom stereocenters. The number of nitrogens with zero attached hydrogens (tertiary/aromatic N) is 3. The van der Waals surface area contributed by atoms with Gasteiger partial charge in [-0.15, -0.1) is 0 Å². The van der Waals surface area contributed by atoms with Gasteiger partial charge in [-0.05, 0) is 24.3 Å². The van der Waals surface area contributed by atoms with Crippen LogP contribution in [0.5, 0.6) is 0 Å². The lowest BCUT2D eigenvalue weighted by atomic mass is 9.94. The Labute approximate surface area is 162 Å². The zero-order valence-electron chi connectivity index (χ0n) is 15.4. The summed E-state index contributed by atoms with van der Waals surface area (Å²) >= 11 is 0.880. The normalized spacial score (nSPS) is 19.2. The van der Waals surface area contributed by atoms with Gasteiger partial charge < -0.3 is 9.80 Å². The fraction of sp³-hybridized carbons (Fsp3) is 0.389. The molecule has 3 nitrogen and oxygen atoms in total. The highest BCUT2D eigenvalue weighted by Gasteiger charge is 2.47. The standard InChI is InChI=1S/C18H17F6N3S/c1-26(2)9-5-11(17(19,20)21)15-13(7-9)28-14-8-10(27(3)4)6-12(16(14)25-15)18(22,23)24/h5-8,11H,1-4H3. The maximum Gasteiger partial charge on any atom is 0.418 e. The van der Waals surface area contributed by atoms with Gasteiger partial charge in [-0.25, -0.2) is 4.99 Å². The smallest absolute Gasteiger partial charge is 0.378 e. The largest absolute Gasteiger partial charge is 0.418 e. The molecule has 0 aromatic heterocycles. The zero-order chi connectivity index (χ0) is 21.0. The molecule has 3 rings (SSSR count). The van der Waals surface area contributed by atoms with Gasteiger partial charge in [0.25, 0.3) is 0 Å². The molecule has 1 aliphatic carbocycles. The molecular weight excluding hydrogens is 404 g/mol. The van der Waals surface area contributed by atoms with Gasteiger partial charge in [-0.1, -0.05) is 11.8 Å². The van der Waals surface area contributed by atoms with Crippen LogP contribution in [0.3, 0.4) is 0 Å². The number of anilines is 1. The number of likely N-dealkylation sites (N-methyl/N-ethyl adjacent to an activating group) is 1. The Hall–Kier alpha value is -2.10. The van der Waals surface area contributed by atoms with Crippen LogP contribution in [0.25, 0.3) is 0 Å². The van der Waals surface area contributed by atoms with Gasteiger partial charge in [0.1, 0.15) is 5.92 Å². The van der Waals surface area contributed by atoms with E-state index in [0.717, 1.165) is 23.9 Å². The monoisotopic (exact) mass is 421 g/mol. The number of benzene rings is 1. The second kappa shape index (κ2) is 6.75. The summed E-state index contributed by atoms with van der Waals surface area (Å²) in [5.41, 5.74) is -1.29. The lowest BCUT2D eigenvalue weighted by molar-refractivity contribution is -0.143. The second-order valence-electron chi connectivity index (χ2n) is 6.85. The van der Waals surface area contributed by atoms with E-state index in [4.69, 9.17) is 0 Å². The summed E-state index contributed by atoms with van der Waals surface area (Å²) in [6.07, 6.45) is -6.91. The molecule has 0 spiro atoms. The van der Waals surface area contributed by atoms with Crippen LogP contribution in [0.15, 0.2) is 44.8 Å². The third-order valence-electron chi connectivity index (χ3n) is 4.37. The van der Waals surface area contributed by atoms with Crippen LogP contribution in [-0.2, 0) is 6.18 Å². The zero-order valence-corrected chi connectivity index (χ0v) is 16.2. The van der Waals surface area contributed by atoms with E-state index in [1.54, 1.807) is 28.2 Å². The van der Waals surface area contributed by atoms with Crippen molar-refractivity contribution in [1.82, 2.24) is 4.90 Å². The maximum atomic E-state index is 13.6. The Morgan fingerprint density at radius 1 is 0.964 bits per heavy atom. The molecule has 0 N–H and O–H groups in total. The molecule has 10 heteroatoms. The number of hydrogen-bond acceptors (Lipinski definition) is 4. The highest BCUT2D eigenvalue weighted by molar-refractivity contribution is 8.04. The third kappa shape index (κ3) is 3.74. The highest BCUT2D eigenvalue weighted by Crippen LogP contribution is 2.52. The lowest BCUT2D eigenvalue weighted by Crippen LogP contribution is -2.34. The summed E-state index contributed by atoms with van der Waals surface area (Å²) in [6.45, 7) is 0. The molecule has 0 radical (unpaired) electrons. The first kappa shape index (κ1) is 20.6. The van der Waals surface area contributed by atoms with E-state index >= 15 is 0 Å². The molecule has 2 aliphatic rings. The summed E-state index contributed by atoms with van der Waals surface area (Å²) < 4.78 is 81.6. The first-order valence-corrected chi connectivity index (χ1v) is 8.97. The fourth-order valence-corrected chi connectivity index (χ4v) is 4.02. The number of fused-ring (bicyclic) bond motifs is 2. The van der Waals surface area contributed by atoms with E-state index in [2.05, 4.69) is 4.99 Å². The molecule has 0 saturated carbocycles. The van der Waals surface area contributed by atoms with Crippen LogP contribution in [-0.4, -0.2) is 45.0 Å². The number of thioether (sulfide) groups is 1. The summed E-state index contributed by atoms with van der Waals surface area (Å²) in [6, 6.07) is 2.41. The van der Waals surface area contributed by atoms with E-state index < -0.39 is 35.2 Å². The van der Waals surface area contributed by atoms with E-state index in [1.165, 1.54) is 21.9 Å². The third-order valence-corrected chi connectivity index (χ3v) is 5.44. The molecule has 1 aromatic carbocycles. The maximum absolute atomic E-state index is 13.6. The molecule has 1 atom stereocenters. The number of rotatable bonds is 2. The van der Waals surface area contributed by atoms with Gasteiger partial charge in [-0.3, -0.25) is 0 Å². The van der Waals surface area contributed by atoms with E-state index in [9.17, 15) is 26.3 Å². The molecule has 1 aliphatic heterocycles. The SMILES string of the molecule is CN(C)C1=CC(C(F)(F)F)C2=Nc3c(cc(N(C)C)cc3C(F)(F)F)SC2=C1. The van der Waals surface area contributed by atoms with Crippen LogP contribution in [0, 0.1) is 5.92 Å². The van der Waals surface area contributed by atoms with Crippen LogP contribution < -0.4 is 4.90 Å². The Morgan fingerprint density at radius 2 is 1.61 bits per heavy atom. The van der Waals surface area contributed by atoms with Gasteiger partial charge >= 0.3 is 12.4 Å². The Bertz CT molecular complexity index is 894. The van der Waals surface area contributed by atoms with Crippen molar-refractivity contribution in [3.05, 3.63) is 40.5 Å². The number of allylic oxidation sites excluding steroid dienone is 3. The summed E-state index contributed by atoms with van der Waals surface area (Å²) in [7, 11) is 6.39. The summed E-state index contributed by atoms with van der Waals surface area (Å²) in [5.74, 6) is -2.07. The topological polar surface area (TPSA) is 18.8 Å². The number of hydrogen-bond donors (Lipinski definition) is 0. The molecule has 152 valence electrons. The van der Waals surface area contributed by atoms with E-state index in [1.807, 2.05) is 0 Å². The quantitative estimate of drug-likeness (QED) is 0.590. The fourth-order valence-electron chi connectivity index (χ4n) is 2.89. The predicted molar refractivity (Wildman–Crippen MR) is 98.1 cm³/mol. The summed E-state index contributed by atoms with van der Waals surface area (Å²) in [4.78, 5) is 7.29. The van der Waals surface area contributed by atoms with Crippen molar-refractivity contribution < 1.29 is 26.3 Å². The van der Waals surface area contributed by atoms with Crippen molar-refractivity contribution in [2.24, 2.45) is 10.9 Å². The van der Waals surface area contributed by atoms with Crippen LogP contribution >= 0.6 is 11.8 Å². The van der Waals surface area contributed by atoms with Crippen molar-refractivity contribution >= 4 is 28.8 Å². The Balaban J connectivity index is 2.25. The van der Waals surface area contributed by atoms with Crippen molar-refractivity contribution in [2.75, 3.05) is 33.1 Å². The molecule has 1 heterocycles. The van der Waals surface area contributed by atoms with Crippen molar-refractivity contribution in [1.29, 1.82) is 0 Å². The average molecular weight is 421 g/mol. The van der Waals surface area contributed by atoms with Gasteiger partial charge in [0.05, 0.1) is 17.0 Å². The van der Waals surface area contributed by atoms with E-state index in [-0.39, 0.29) is 9.80 Å². The first-order valence-electron chi connectivity index (χ1n) is 8.16. The molecule has 28 heavy (non-hydrogen) atoms. The Morgan fingerprint density at radius 3 is 2.11 bits per heavy atom. The van der Waals surface area contributed by atoms with Crippen LogP contribution in [0.4, 0.5) is 37.7 Å². The molecule has 0 saturated heterocycles. The minimum Gasteiger partial charge on any atom is -0.378 e. The molecule has 0 amide bonds. The molecule has 1 aromatic rings. The van der Waals surface area contributed by atoms with Gasteiger partial charge in [0, 0.05) is 49.4 Å². The molecule has 0 bridgehead atoms. The summed E-state index contributed by atoms with van der Waals surface area (Å²) in [5, 5.41) is 0. The van der Waals surface area contributed by atoms with Crippen molar-refractivity contribution in [3.8, 4) is 0 Å². The predicted octanol–water partition coefficient (Wildman–Crippen LogP) is 5.47. The van der Waals surface area contributed by atoms with Gasteiger partial charge in [0.2, 0.25) is 0 Å². The minimum absolute atomic E-state index is 0.175. The van der Waals surface area contributed by atoms with Crippen LogP contribution in [0.2, 0.25) is 0 Å². The number of halogens is 6.